The molecule has 0 saturated carbocycles. The van der Waals surface area contributed by atoms with Crippen LogP contribution in [0.15, 0.2) is 60.0 Å². The number of hydrogen-bond donors (Lipinski definition) is 3. The number of nitrogens with zero attached hydrogens (tertiary/aromatic N) is 1. The average Bonchev–Trinajstić information content (AvgIpc) is 3.04. The van der Waals surface area contributed by atoms with Gasteiger partial charge in [0.05, 0.1) is 12.1 Å². The van der Waals surface area contributed by atoms with Crippen LogP contribution in [0.25, 0.3) is 0 Å². The number of nitrogens with one attached hydrogen (secondary N) is 3. The van der Waals surface area contributed by atoms with Crippen LogP contribution in [-0.2, 0) is 16.0 Å². The minimum Gasteiger partial charge on any atom is -0.332 e. The summed E-state index contributed by atoms with van der Waals surface area (Å²) in [5.41, 5.74) is 3.02. The van der Waals surface area contributed by atoms with Gasteiger partial charge in [-0.3, -0.25) is 9.59 Å². The highest BCUT2D eigenvalue weighted by Crippen LogP contribution is 2.21. The lowest BCUT2D eigenvalue weighted by molar-refractivity contribution is -0.116. The van der Waals surface area contributed by atoms with Crippen molar-refractivity contribution >= 4 is 45.3 Å². The van der Waals surface area contributed by atoms with Gasteiger partial charge in [-0.15, -0.1) is 11.3 Å². The Morgan fingerprint density at radius 1 is 0.923 bits per heavy atom. The molecular formula is C19H18N4O2S. The molecule has 0 aliphatic carbocycles. The fourth-order valence-electron chi connectivity index (χ4n) is 2.30. The van der Waals surface area contributed by atoms with Crippen LogP contribution in [-0.4, -0.2) is 16.8 Å². The summed E-state index contributed by atoms with van der Waals surface area (Å²) in [6.07, 6.45) is 0.195. The van der Waals surface area contributed by atoms with E-state index in [2.05, 4.69) is 20.9 Å². The van der Waals surface area contributed by atoms with Crippen molar-refractivity contribution in [2.24, 2.45) is 0 Å². The monoisotopic (exact) mass is 366 g/mol. The first-order chi connectivity index (χ1) is 12.6. The maximum absolute atomic E-state index is 12.2. The Morgan fingerprint density at radius 3 is 2.23 bits per heavy atom. The van der Waals surface area contributed by atoms with Crippen molar-refractivity contribution in [1.29, 1.82) is 0 Å². The molecule has 2 aromatic carbocycles. The minimum absolute atomic E-state index is 0.134. The molecule has 6 nitrogen and oxygen atoms in total. The van der Waals surface area contributed by atoms with Gasteiger partial charge in [-0.05, 0) is 36.4 Å². The van der Waals surface area contributed by atoms with Gasteiger partial charge in [0.15, 0.2) is 5.13 Å². The molecule has 3 N–H and O–H groups in total. The summed E-state index contributed by atoms with van der Waals surface area (Å²) in [5.74, 6) is -0.279. The van der Waals surface area contributed by atoms with Gasteiger partial charge in [0.25, 0.3) is 0 Å². The van der Waals surface area contributed by atoms with Crippen molar-refractivity contribution in [2.45, 2.75) is 13.3 Å². The lowest BCUT2D eigenvalue weighted by Gasteiger charge is -2.06. The summed E-state index contributed by atoms with van der Waals surface area (Å²) in [5, 5.41) is 11.3. The van der Waals surface area contributed by atoms with Crippen molar-refractivity contribution in [3.8, 4) is 0 Å². The molecule has 2 amide bonds. The molecule has 0 fully saturated rings. The molecule has 1 heterocycles. The van der Waals surface area contributed by atoms with E-state index < -0.39 is 0 Å². The molecule has 26 heavy (non-hydrogen) atoms. The van der Waals surface area contributed by atoms with E-state index in [9.17, 15) is 9.59 Å². The number of aromatic nitrogens is 1. The van der Waals surface area contributed by atoms with E-state index in [4.69, 9.17) is 0 Å². The number of para-hydroxylation sites is 1. The van der Waals surface area contributed by atoms with E-state index in [-0.39, 0.29) is 18.2 Å². The van der Waals surface area contributed by atoms with Crippen LogP contribution in [0, 0.1) is 0 Å². The second-order valence-corrected chi connectivity index (χ2v) is 6.48. The maximum atomic E-state index is 12.2. The SMILES string of the molecule is CC(=O)Nc1ccc(NC(=O)Cc2csc(Nc3ccccc3)n2)cc1. The summed E-state index contributed by atoms with van der Waals surface area (Å²) in [6, 6.07) is 16.7. The summed E-state index contributed by atoms with van der Waals surface area (Å²) < 4.78 is 0. The predicted octanol–water partition coefficient (Wildman–Crippen LogP) is 4.03. The Labute approximate surface area is 155 Å². The molecular weight excluding hydrogens is 348 g/mol. The molecule has 3 rings (SSSR count). The largest absolute Gasteiger partial charge is 0.332 e. The molecule has 0 bridgehead atoms. The van der Waals surface area contributed by atoms with Crippen molar-refractivity contribution in [2.75, 3.05) is 16.0 Å². The van der Waals surface area contributed by atoms with Crippen LogP contribution in [0.5, 0.6) is 0 Å². The molecule has 7 heteroatoms. The first-order valence-electron chi connectivity index (χ1n) is 8.02. The number of rotatable bonds is 6. The zero-order valence-corrected chi connectivity index (χ0v) is 15.0. The predicted molar refractivity (Wildman–Crippen MR) is 105 cm³/mol. The number of thiazole rings is 1. The summed E-state index contributed by atoms with van der Waals surface area (Å²) in [4.78, 5) is 27.6. The minimum atomic E-state index is -0.145. The van der Waals surface area contributed by atoms with E-state index in [0.717, 1.165) is 10.8 Å². The molecule has 0 atom stereocenters. The molecule has 0 aliphatic rings. The number of hydrogen-bond acceptors (Lipinski definition) is 5. The molecule has 1 aromatic heterocycles. The van der Waals surface area contributed by atoms with Crippen LogP contribution < -0.4 is 16.0 Å². The molecule has 0 saturated heterocycles. The fourth-order valence-corrected chi connectivity index (χ4v) is 3.03. The topological polar surface area (TPSA) is 83.1 Å². The molecule has 0 spiro atoms. The normalized spacial score (nSPS) is 10.2. The number of amides is 2. The van der Waals surface area contributed by atoms with Gasteiger partial charge in [-0.1, -0.05) is 18.2 Å². The zero-order chi connectivity index (χ0) is 18.4. The van der Waals surface area contributed by atoms with E-state index in [1.165, 1.54) is 18.3 Å². The first kappa shape index (κ1) is 17.6. The fraction of sp³-hybridized carbons (Fsp3) is 0.105. The van der Waals surface area contributed by atoms with Crippen LogP contribution in [0.4, 0.5) is 22.2 Å². The summed E-state index contributed by atoms with van der Waals surface area (Å²) in [6.45, 7) is 1.45. The highest BCUT2D eigenvalue weighted by Gasteiger charge is 2.09. The quantitative estimate of drug-likeness (QED) is 0.615. The Balaban J connectivity index is 1.54. The Hall–Kier alpha value is -3.19. The first-order valence-corrected chi connectivity index (χ1v) is 8.90. The average molecular weight is 366 g/mol. The zero-order valence-electron chi connectivity index (χ0n) is 14.2. The molecule has 0 aliphatic heterocycles. The third-order valence-electron chi connectivity index (χ3n) is 3.41. The van der Waals surface area contributed by atoms with E-state index in [1.54, 1.807) is 24.3 Å². The molecule has 0 radical (unpaired) electrons. The highest BCUT2D eigenvalue weighted by molar-refractivity contribution is 7.13. The maximum Gasteiger partial charge on any atom is 0.230 e. The van der Waals surface area contributed by atoms with Crippen molar-refractivity contribution in [1.82, 2.24) is 4.98 Å². The lowest BCUT2D eigenvalue weighted by Crippen LogP contribution is -2.14. The Bertz CT molecular complexity index is 891. The molecule has 3 aromatic rings. The van der Waals surface area contributed by atoms with Gasteiger partial charge in [0, 0.05) is 29.4 Å². The van der Waals surface area contributed by atoms with Gasteiger partial charge in [0.1, 0.15) is 0 Å². The van der Waals surface area contributed by atoms with E-state index in [0.29, 0.717) is 17.1 Å². The van der Waals surface area contributed by atoms with Crippen molar-refractivity contribution in [3.63, 3.8) is 0 Å². The number of carbonyl (C=O) groups excluding carboxylic acids is 2. The van der Waals surface area contributed by atoms with Crippen LogP contribution in [0.2, 0.25) is 0 Å². The van der Waals surface area contributed by atoms with Gasteiger partial charge in [0.2, 0.25) is 11.8 Å². The third-order valence-corrected chi connectivity index (χ3v) is 4.21. The molecule has 0 unspecified atom stereocenters. The second-order valence-electron chi connectivity index (χ2n) is 5.62. The lowest BCUT2D eigenvalue weighted by atomic mass is 10.2. The van der Waals surface area contributed by atoms with Crippen LogP contribution >= 0.6 is 11.3 Å². The van der Waals surface area contributed by atoms with Crippen molar-refractivity contribution < 1.29 is 9.59 Å². The summed E-state index contributed by atoms with van der Waals surface area (Å²) >= 11 is 1.46. The Kier molecular flexibility index (Phi) is 5.60. The van der Waals surface area contributed by atoms with E-state index >= 15 is 0 Å². The van der Waals surface area contributed by atoms with Crippen LogP contribution in [0.3, 0.4) is 0 Å². The van der Waals surface area contributed by atoms with E-state index in [1.807, 2.05) is 35.7 Å². The molecule has 132 valence electrons. The number of benzene rings is 2. The second kappa shape index (κ2) is 8.26. The standard InChI is InChI=1S/C19H18N4O2S/c1-13(24)20-15-7-9-16(10-8-15)21-18(25)11-17-12-26-19(23-17)22-14-5-3-2-4-6-14/h2-10,12H,11H2,1H3,(H,20,24)(H,21,25)(H,22,23). The summed E-state index contributed by atoms with van der Waals surface area (Å²) in [7, 11) is 0. The Morgan fingerprint density at radius 2 is 1.58 bits per heavy atom. The van der Waals surface area contributed by atoms with Crippen LogP contribution in [0.1, 0.15) is 12.6 Å². The number of carbonyl (C=O) groups is 2. The number of anilines is 4. The van der Waals surface area contributed by atoms with Gasteiger partial charge in [-0.2, -0.15) is 0 Å². The van der Waals surface area contributed by atoms with Gasteiger partial charge >= 0.3 is 0 Å². The smallest absolute Gasteiger partial charge is 0.230 e. The third kappa shape index (κ3) is 5.15. The highest BCUT2D eigenvalue weighted by atomic mass is 32.1. The van der Waals surface area contributed by atoms with Crippen molar-refractivity contribution in [3.05, 3.63) is 65.7 Å². The van der Waals surface area contributed by atoms with Gasteiger partial charge in [-0.25, -0.2) is 4.98 Å². The van der Waals surface area contributed by atoms with Gasteiger partial charge < -0.3 is 16.0 Å².